The van der Waals surface area contributed by atoms with Crippen molar-refractivity contribution in [2.45, 2.75) is 6.92 Å². The fraction of sp³-hybridized carbons (Fsp3) is 0.375. The molecule has 1 rings (SSSR count). The first-order chi connectivity index (χ1) is 6.56. The zero-order valence-corrected chi connectivity index (χ0v) is 7.65. The molecule has 0 amide bonds. The summed E-state index contributed by atoms with van der Waals surface area (Å²) in [6.07, 6.45) is 1.07. The molecule has 6 nitrogen and oxygen atoms in total. The molecule has 0 bridgehead atoms. The average Bonchev–Trinajstić information content (AvgIpc) is 2.01. The van der Waals surface area contributed by atoms with Crippen LogP contribution in [0.4, 0.5) is 0 Å². The molecule has 0 aromatic carbocycles. The summed E-state index contributed by atoms with van der Waals surface area (Å²) < 4.78 is 4.69. The van der Waals surface area contributed by atoms with Gasteiger partial charge in [0.2, 0.25) is 0 Å². The topological polar surface area (TPSA) is 109 Å². The Morgan fingerprint density at radius 3 is 3.00 bits per heavy atom. The van der Waals surface area contributed by atoms with Gasteiger partial charge in [-0.05, 0) is 6.92 Å². The van der Waals surface area contributed by atoms with Crippen molar-refractivity contribution in [3.8, 4) is 0 Å². The van der Waals surface area contributed by atoms with Crippen molar-refractivity contribution in [3.63, 3.8) is 0 Å². The lowest BCUT2D eigenvalue weighted by Gasteiger charge is -2.17. The van der Waals surface area contributed by atoms with Crippen molar-refractivity contribution >= 4 is 17.6 Å². The molecule has 1 heterocycles. The highest BCUT2D eigenvalue weighted by molar-refractivity contribution is 6.12. The molecule has 0 radical (unpaired) electrons. The number of carbonyl (C=O) groups excluding carboxylic acids is 1. The van der Waals surface area contributed by atoms with E-state index in [1.807, 2.05) is 0 Å². The van der Waals surface area contributed by atoms with Crippen molar-refractivity contribution in [2.75, 3.05) is 6.61 Å². The van der Waals surface area contributed by atoms with E-state index in [-0.39, 0.29) is 24.0 Å². The maximum absolute atomic E-state index is 11.3. The number of ether oxygens (including phenoxy) is 1. The van der Waals surface area contributed by atoms with E-state index in [1.165, 1.54) is 0 Å². The van der Waals surface area contributed by atoms with Crippen molar-refractivity contribution in [1.29, 1.82) is 5.41 Å². The van der Waals surface area contributed by atoms with E-state index in [1.54, 1.807) is 6.92 Å². The Morgan fingerprint density at radius 2 is 2.50 bits per heavy atom. The van der Waals surface area contributed by atoms with Crippen LogP contribution >= 0.6 is 0 Å². The van der Waals surface area contributed by atoms with Crippen LogP contribution in [0.25, 0.3) is 0 Å². The Hall–Kier alpha value is -1.85. The van der Waals surface area contributed by atoms with Crippen LogP contribution in [0, 0.1) is 11.3 Å². The minimum absolute atomic E-state index is 0.117. The van der Waals surface area contributed by atoms with Crippen LogP contribution in [0.5, 0.6) is 0 Å². The van der Waals surface area contributed by atoms with Crippen LogP contribution in [-0.4, -0.2) is 29.4 Å². The predicted octanol–water partition coefficient (Wildman–Crippen LogP) is -0.0443. The van der Waals surface area contributed by atoms with Gasteiger partial charge in [-0.15, -0.1) is 0 Å². The molecule has 6 heteroatoms. The minimum Gasteiger partial charge on any atom is -0.511 e. The number of hydrogen-bond acceptors (Lipinski definition) is 5. The highest BCUT2D eigenvalue weighted by atomic mass is 16.5. The van der Waals surface area contributed by atoms with E-state index in [9.17, 15) is 9.90 Å². The van der Waals surface area contributed by atoms with Crippen molar-refractivity contribution in [1.82, 2.24) is 0 Å². The second-order valence-electron chi connectivity index (χ2n) is 2.68. The lowest BCUT2D eigenvalue weighted by Crippen LogP contribution is -2.36. The maximum Gasteiger partial charge on any atom is 0.324 e. The molecule has 0 aromatic rings. The van der Waals surface area contributed by atoms with Gasteiger partial charge in [0.25, 0.3) is 0 Å². The first kappa shape index (κ1) is 10.2. The molecule has 0 fully saturated rings. The van der Waals surface area contributed by atoms with E-state index in [0.29, 0.717) is 0 Å². The number of rotatable bonds is 2. The quantitative estimate of drug-likeness (QED) is 0.539. The fourth-order valence-corrected chi connectivity index (χ4v) is 1.08. The third-order valence-corrected chi connectivity index (χ3v) is 1.65. The number of nitrogens with one attached hydrogen (secondary N) is 1. The lowest BCUT2D eigenvalue weighted by molar-refractivity contribution is -0.145. The van der Waals surface area contributed by atoms with E-state index in [2.05, 4.69) is 9.73 Å². The van der Waals surface area contributed by atoms with Crippen LogP contribution in [0.1, 0.15) is 6.92 Å². The Balaban J connectivity index is 2.88. The molecule has 0 saturated carbocycles. The van der Waals surface area contributed by atoms with Crippen LogP contribution in [0.2, 0.25) is 0 Å². The van der Waals surface area contributed by atoms with Gasteiger partial charge in [-0.25, -0.2) is 4.99 Å². The van der Waals surface area contributed by atoms with Gasteiger partial charge in [0.1, 0.15) is 17.4 Å². The maximum atomic E-state index is 11.3. The van der Waals surface area contributed by atoms with Crippen LogP contribution < -0.4 is 5.73 Å². The SMILES string of the molecule is CCOC(=O)C1C(O)=CC(=N)N=C1N. The molecule has 1 aliphatic heterocycles. The highest BCUT2D eigenvalue weighted by Crippen LogP contribution is 2.15. The number of nitrogens with zero attached hydrogens (tertiary/aromatic N) is 1. The van der Waals surface area contributed by atoms with Gasteiger partial charge >= 0.3 is 5.97 Å². The third kappa shape index (κ3) is 1.90. The molecule has 0 saturated heterocycles. The molecule has 0 spiro atoms. The molecule has 1 aliphatic rings. The predicted molar refractivity (Wildman–Crippen MR) is 50.2 cm³/mol. The van der Waals surface area contributed by atoms with Gasteiger partial charge in [-0.1, -0.05) is 0 Å². The number of carbonyl (C=O) groups is 1. The summed E-state index contributed by atoms with van der Waals surface area (Å²) in [4.78, 5) is 14.8. The summed E-state index contributed by atoms with van der Waals surface area (Å²) in [5.41, 5.74) is 5.40. The van der Waals surface area contributed by atoms with Gasteiger partial charge in [-0.2, -0.15) is 0 Å². The van der Waals surface area contributed by atoms with Gasteiger partial charge in [0.05, 0.1) is 6.61 Å². The number of amidine groups is 2. The summed E-state index contributed by atoms with van der Waals surface area (Å²) in [6.45, 7) is 1.85. The van der Waals surface area contributed by atoms with Crippen LogP contribution in [0.15, 0.2) is 16.8 Å². The highest BCUT2D eigenvalue weighted by Gasteiger charge is 2.31. The van der Waals surface area contributed by atoms with Gasteiger partial charge in [0.15, 0.2) is 5.92 Å². The third-order valence-electron chi connectivity index (χ3n) is 1.65. The number of aliphatic hydroxyl groups excluding tert-OH is 1. The summed E-state index contributed by atoms with van der Waals surface area (Å²) in [7, 11) is 0. The molecule has 0 aromatic heterocycles. The molecule has 1 unspecified atom stereocenters. The first-order valence-electron chi connectivity index (χ1n) is 4.06. The summed E-state index contributed by atoms with van der Waals surface area (Å²) in [6, 6.07) is 0. The van der Waals surface area contributed by atoms with E-state index < -0.39 is 11.9 Å². The smallest absolute Gasteiger partial charge is 0.324 e. The molecule has 14 heavy (non-hydrogen) atoms. The Bertz CT molecular complexity index is 311. The number of aliphatic imine (C=N–C) groups is 1. The zero-order chi connectivity index (χ0) is 10.7. The van der Waals surface area contributed by atoms with Crippen molar-refractivity contribution < 1.29 is 14.6 Å². The lowest BCUT2D eigenvalue weighted by atomic mass is 10.0. The molecule has 4 N–H and O–H groups in total. The summed E-state index contributed by atoms with van der Waals surface area (Å²) in [5.74, 6) is -2.33. The van der Waals surface area contributed by atoms with E-state index in [0.717, 1.165) is 6.08 Å². The average molecular weight is 197 g/mol. The van der Waals surface area contributed by atoms with E-state index >= 15 is 0 Å². The first-order valence-corrected chi connectivity index (χ1v) is 4.06. The van der Waals surface area contributed by atoms with Crippen LogP contribution in [0.3, 0.4) is 0 Å². The second kappa shape index (κ2) is 3.91. The van der Waals surface area contributed by atoms with Crippen molar-refractivity contribution in [3.05, 3.63) is 11.8 Å². The molecular formula is C8H11N3O3. The minimum atomic E-state index is -1.07. The Morgan fingerprint density at radius 1 is 1.86 bits per heavy atom. The molecule has 1 atom stereocenters. The zero-order valence-electron chi connectivity index (χ0n) is 7.65. The molecular weight excluding hydrogens is 186 g/mol. The number of aliphatic hydroxyl groups is 1. The van der Waals surface area contributed by atoms with Gasteiger partial charge in [0, 0.05) is 6.08 Å². The monoisotopic (exact) mass is 197 g/mol. The normalized spacial score (nSPS) is 21.2. The number of nitrogens with two attached hydrogens (primary N) is 1. The number of esters is 1. The number of dihydropyridines is 1. The van der Waals surface area contributed by atoms with Crippen LogP contribution in [-0.2, 0) is 9.53 Å². The summed E-state index contributed by atoms with van der Waals surface area (Å²) >= 11 is 0. The fourth-order valence-electron chi connectivity index (χ4n) is 1.08. The second-order valence-corrected chi connectivity index (χ2v) is 2.68. The largest absolute Gasteiger partial charge is 0.511 e. The summed E-state index contributed by atoms with van der Waals surface area (Å²) in [5, 5.41) is 16.5. The van der Waals surface area contributed by atoms with Crippen molar-refractivity contribution in [2.24, 2.45) is 16.6 Å². The standard InChI is InChI=1S/C8H11N3O3/c1-2-14-8(13)6-4(12)3-5(9)11-7(6)10/h3,6,12H,2H2,1H3,(H3,9,10,11). The van der Waals surface area contributed by atoms with Gasteiger partial charge in [-0.3, -0.25) is 10.2 Å². The molecule has 76 valence electrons. The van der Waals surface area contributed by atoms with Gasteiger partial charge < -0.3 is 15.6 Å². The Kier molecular flexibility index (Phi) is 2.85. The molecule has 0 aliphatic carbocycles. The van der Waals surface area contributed by atoms with E-state index in [4.69, 9.17) is 11.1 Å². The Labute approximate surface area is 80.6 Å². The number of hydrogen-bond donors (Lipinski definition) is 3.